The highest BCUT2D eigenvalue weighted by atomic mass is 16.5. The maximum atomic E-state index is 13.6. The average Bonchev–Trinajstić information content (AvgIpc) is 3.11. The van der Waals surface area contributed by atoms with Gasteiger partial charge in [-0.1, -0.05) is 37.3 Å². The van der Waals surface area contributed by atoms with Crippen molar-refractivity contribution in [1.82, 2.24) is 4.98 Å². The quantitative estimate of drug-likeness (QED) is 0.447. The van der Waals surface area contributed by atoms with Crippen molar-refractivity contribution >= 4 is 22.7 Å². The van der Waals surface area contributed by atoms with Gasteiger partial charge in [-0.15, -0.1) is 0 Å². The molecule has 1 amide bonds. The van der Waals surface area contributed by atoms with Crippen molar-refractivity contribution in [1.29, 1.82) is 0 Å². The topological polar surface area (TPSA) is 72.6 Å². The van der Waals surface area contributed by atoms with Gasteiger partial charge in [0.2, 0.25) is 5.76 Å². The predicted molar refractivity (Wildman–Crippen MR) is 122 cm³/mol. The van der Waals surface area contributed by atoms with Crippen LogP contribution in [0.2, 0.25) is 0 Å². The van der Waals surface area contributed by atoms with Crippen LogP contribution in [0.1, 0.15) is 46.6 Å². The van der Waals surface area contributed by atoms with E-state index in [0.717, 1.165) is 17.5 Å². The molecule has 0 spiro atoms. The Morgan fingerprint density at radius 1 is 1.06 bits per heavy atom. The Balaban J connectivity index is 1.77. The molecule has 4 aromatic rings. The van der Waals surface area contributed by atoms with Gasteiger partial charge in [0.25, 0.3) is 5.91 Å². The number of carbonyl (C=O) groups excluding carboxylic acids is 1. The lowest BCUT2D eigenvalue weighted by molar-refractivity contribution is 0.0970. The van der Waals surface area contributed by atoms with Crippen LogP contribution in [0, 0.1) is 6.92 Å². The fourth-order valence-electron chi connectivity index (χ4n) is 4.18. The van der Waals surface area contributed by atoms with E-state index in [-0.39, 0.29) is 17.1 Å². The van der Waals surface area contributed by atoms with Gasteiger partial charge in [0.1, 0.15) is 17.2 Å². The first kappa shape index (κ1) is 20.0. The summed E-state index contributed by atoms with van der Waals surface area (Å²) >= 11 is 0. The number of amides is 1. The summed E-state index contributed by atoms with van der Waals surface area (Å²) in [4.78, 5) is 33.2. The second kappa shape index (κ2) is 7.96. The van der Waals surface area contributed by atoms with Gasteiger partial charge in [-0.2, -0.15) is 0 Å². The highest BCUT2D eigenvalue weighted by Gasteiger charge is 2.44. The molecule has 5 rings (SSSR count). The normalized spacial score (nSPS) is 15.2. The van der Waals surface area contributed by atoms with Crippen LogP contribution in [0.15, 0.2) is 76.1 Å². The van der Waals surface area contributed by atoms with Gasteiger partial charge in [-0.25, -0.2) is 4.98 Å². The fourth-order valence-corrected chi connectivity index (χ4v) is 4.18. The molecule has 3 heterocycles. The number of hydrogen-bond donors (Lipinski definition) is 0. The lowest BCUT2D eigenvalue weighted by Gasteiger charge is -2.25. The Bertz CT molecular complexity index is 1390. The molecule has 0 N–H and O–H groups in total. The standard InChI is InChI=1S/C26H22N2O4/c1-3-14-31-18-10-6-9-17(15-18)22-21-23(29)19-11-4-5-12-20(19)32-24(21)26(30)28(22)25-16(2)8-7-13-27-25/h4-13,15,22H,3,14H2,1-2H3. The molecule has 32 heavy (non-hydrogen) atoms. The lowest BCUT2D eigenvalue weighted by Crippen LogP contribution is -2.30. The molecular weight excluding hydrogens is 404 g/mol. The summed E-state index contributed by atoms with van der Waals surface area (Å²) in [5, 5.41) is 0.446. The molecule has 0 fully saturated rings. The second-order valence-electron chi connectivity index (χ2n) is 7.81. The van der Waals surface area contributed by atoms with E-state index in [1.165, 1.54) is 0 Å². The number of aromatic nitrogens is 1. The molecule has 1 aliphatic heterocycles. The SMILES string of the molecule is CCCOc1cccc(C2c3c(oc4ccccc4c3=O)C(=O)N2c2ncccc2C)c1. The zero-order valence-corrected chi connectivity index (χ0v) is 17.9. The number of aryl methyl sites for hydroxylation is 1. The average molecular weight is 426 g/mol. The largest absolute Gasteiger partial charge is 0.494 e. The molecule has 2 aromatic carbocycles. The van der Waals surface area contributed by atoms with E-state index in [2.05, 4.69) is 4.98 Å². The van der Waals surface area contributed by atoms with Gasteiger partial charge in [-0.05, 0) is 54.8 Å². The summed E-state index contributed by atoms with van der Waals surface area (Å²) in [6.07, 6.45) is 2.52. The number of nitrogens with zero attached hydrogens (tertiary/aromatic N) is 2. The Morgan fingerprint density at radius 2 is 1.91 bits per heavy atom. The Labute approximate surface area is 185 Å². The van der Waals surface area contributed by atoms with E-state index < -0.39 is 6.04 Å². The number of benzene rings is 2. The van der Waals surface area contributed by atoms with Crippen molar-refractivity contribution in [2.45, 2.75) is 26.3 Å². The van der Waals surface area contributed by atoms with Crippen LogP contribution in [0.5, 0.6) is 5.75 Å². The first-order chi connectivity index (χ1) is 15.6. The summed E-state index contributed by atoms with van der Waals surface area (Å²) in [5.41, 5.74) is 2.10. The number of hydrogen-bond acceptors (Lipinski definition) is 5. The van der Waals surface area contributed by atoms with E-state index in [9.17, 15) is 9.59 Å². The monoisotopic (exact) mass is 426 g/mol. The zero-order chi connectivity index (χ0) is 22.2. The summed E-state index contributed by atoms with van der Waals surface area (Å²) < 4.78 is 11.8. The molecule has 0 saturated heterocycles. The highest BCUT2D eigenvalue weighted by Crippen LogP contribution is 2.42. The van der Waals surface area contributed by atoms with Crippen molar-refractivity contribution in [3.8, 4) is 5.75 Å². The number of fused-ring (bicyclic) bond motifs is 2. The lowest BCUT2D eigenvalue weighted by atomic mass is 9.98. The van der Waals surface area contributed by atoms with Gasteiger partial charge in [0.15, 0.2) is 5.43 Å². The number of anilines is 1. The molecule has 1 unspecified atom stereocenters. The number of rotatable bonds is 5. The van der Waals surface area contributed by atoms with Gasteiger partial charge in [0.05, 0.1) is 23.6 Å². The molecule has 160 valence electrons. The molecule has 6 heteroatoms. The molecule has 1 aliphatic rings. The van der Waals surface area contributed by atoms with Gasteiger partial charge in [-0.3, -0.25) is 14.5 Å². The summed E-state index contributed by atoms with van der Waals surface area (Å²) in [7, 11) is 0. The molecule has 6 nitrogen and oxygen atoms in total. The fraction of sp³-hybridized carbons (Fsp3) is 0.192. The Kier molecular flexibility index (Phi) is 4.98. The third-order valence-corrected chi connectivity index (χ3v) is 5.63. The van der Waals surface area contributed by atoms with E-state index in [4.69, 9.17) is 9.15 Å². The molecule has 0 saturated carbocycles. The smallest absolute Gasteiger partial charge is 0.296 e. The van der Waals surface area contributed by atoms with Crippen LogP contribution >= 0.6 is 0 Å². The summed E-state index contributed by atoms with van der Waals surface area (Å²) in [6, 6.07) is 17.5. The molecule has 0 radical (unpaired) electrons. The summed E-state index contributed by atoms with van der Waals surface area (Å²) in [6.45, 7) is 4.51. The molecule has 1 atom stereocenters. The van der Waals surface area contributed by atoms with Crippen molar-refractivity contribution in [2.75, 3.05) is 11.5 Å². The maximum Gasteiger partial charge on any atom is 0.296 e. The van der Waals surface area contributed by atoms with E-state index in [1.54, 1.807) is 35.4 Å². The van der Waals surface area contributed by atoms with Crippen LogP contribution < -0.4 is 15.1 Å². The Morgan fingerprint density at radius 3 is 2.72 bits per heavy atom. The number of para-hydroxylation sites is 1. The first-order valence-corrected chi connectivity index (χ1v) is 10.6. The van der Waals surface area contributed by atoms with E-state index in [1.807, 2.05) is 50.2 Å². The van der Waals surface area contributed by atoms with Crippen LogP contribution in [0.25, 0.3) is 11.0 Å². The maximum absolute atomic E-state index is 13.6. The molecular formula is C26H22N2O4. The second-order valence-corrected chi connectivity index (χ2v) is 7.81. The predicted octanol–water partition coefficient (Wildman–Crippen LogP) is 5.04. The minimum atomic E-state index is -0.669. The van der Waals surface area contributed by atoms with Crippen LogP contribution in [0.4, 0.5) is 5.82 Å². The van der Waals surface area contributed by atoms with E-state index in [0.29, 0.717) is 34.7 Å². The highest BCUT2D eigenvalue weighted by molar-refractivity contribution is 6.10. The minimum Gasteiger partial charge on any atom is -0.494 e. The minimum absolute atomic E-state index is 0.0589. The van der Waals surface area contributed by atoms with Crippen molar-refractivity contribution in [3.05, 3.63) is 99.5 Å². The van der Waals surface area contributed by atoms with Crippen molar-refractivity contribution in [2.24, 2.45) is 0 Å². The molecule has 0 aliphatic carbocycles. The van der Waals surface area contributed by atoms with Crippen molar-refractivity contribution in [3.63, 3.8) is 0 Å². The van der Waals surface area contributed by atoms with Crippen molar-refractivity contribution < 1.29 is 13.9 Å². The number of pyridine rings is 1. The van der Waals surface area contributed by atoms with Gasteiger partial charge in [0, 0.05) is 6.20 Å². The molecule has 2 aromatic heterocycles. The number of carbonyl (C=O) groups is 1. The zero-order valence-electron chi connectivity index (χ0n) is 17.9. The Hall–Kier alpha value is -3.93. The van der Waals surface area contributed by atoms with E-state index >= 15 is 0 Å². The summed E-state index contributed by atoms with van der Waals surface area (Å²) in [5.74, 6) is 0.864. The van der Waals surface area contributed by atoms with Crippen LogP contribution in [-0.2, 0) is 0 Å². The number of ether oxygens (including phenoxy) is 1. The van der Waals surface area contributed by atoms with Gasteiger partial charge >= 0.3 is 0 Å². The molecule has 0 bridgehead atoms. The van der Waals surface area contributed by atoms with Crippen LogP contribution in [-0.4, -0.2) is 17.5 Å². The third kappa shape index (κ3) is 3.15. The third-order valence-electron chi connectivity index (χ3n) is 5.63. The first-order valence-electron chi connectivity index (χ1n) is 10.6. The van der Waals surface area contributed by atoms with Gasteiger partial charge < -0.3 is 9.15 Å². The van der Waals surface area contributed by atoms with Crippen LogP contribution in [0.3, 0.4) is 0 Å².